The Balaban J connectivity index is 1.78. The maximum absolute atomic E-state index is 11.9. The third kappa shape index (κ3) is 3.73. The summed E-state index contributed by atoms with van der Waals surface area (Å²) in [7, 11) is -0.390. The quantitative estimate of drug-likeness (QED) is 0.826. The van der Waals surface area contributed by atoms with Crippen molar-refractivity contribution in [1.82, 2.24) is 4.98 Å². The SMILES string of the molecule is CCCCC(=O)Nc1nc2ccc(B3OC(C)(C)C(C)(C)O3)cc2s1. The van der Waals surface area contributed by atoms with Crippen LogP contribution in [0.15, 0.2) is 18.2 Å². The third-order valence-corrected chi connectivity index (χ3v) is 5.88. The maximum atomic E-state index is 11.9. The van der Waals surface area contributed by atoms with E-state index < -0.39 is 0 Å². The van der Waals surface area contributed by atoms with Gasteiger partial charge in [0.2, 0.25) is 5.91 Å². The molecular weight excluding hydrogens is 335 g/mol. The number of rotatable bonds is 5. The number of fused-ring (bicyclic) bond motifs is 1. The molecule has 1 amide bonds. The Hall–Kier alpha value is -1.44. The lowest BCUT2D eigenvalue weighted by atomic mass is 9.79. The third-order valence-electron chi connectivity index (χ3n) is 4.94. The Morgan fingerprint density at radius 3 is 2.56 bits per heavy atom. The number of carbonyl (C=O) groups excluding carboxylic acids is 1. The highest BCUT2D eigenvalue weighted by Crippen LogP contribution is 2.37. The first kappa shape index (κ1) is 18.4. The zero-order valence-corrected chi connectivity index (χ0v) is 16.3. The van der Waals surface area contributed by atoms with Crippen molar-refractivity contribution in [3.05, 3.63) is 18.2 Å². The number of nitrogens with zero attached hydrogens (tertiary/aromatic N) is 1. The molecule has 5 nitrogen and oxygen atoms in total. The van der Waals surface area contributed by atoms with E-state index in [9.17, 15) is 4.79 Å². The molecule has 3 rings (SSSR count). The number of aromatic nitrogens is 1. The number of hydrogen-bond donors (Lipinski definition) is 1. The van der Waals surface area contributed by atoms with Gasteiger partial charge in [0.05, 0.1) is 21.4 Å². The number of unbranched alkanes of at least 4 members (excludes halogenated alkanes) is 1. The monoisotopic (exact) mass is 360 g/mol. The van der Waals surface area contributed by atoms with E-state index >= 15 is 0 Å². The van der Waals surface area contributed by atoms with E-state index in [0.29, 0.717) is 11.6 Å². The average molecular weight is 360 g/mol. The second-order valence-corrected chi connectivity index (χ2v) is 8.52. The van der Waals surface area contributed by atoms with Gasteiger partial charge in [0.1, 0.15) is 0 Å². The molecule has 0 bridgehead atoms. The molecule has 2 aromatic rings. The molecule has 1 fully saturated rings. The molecule has 0 unspecified atom stereocenters. The van der Waals surface area contributed by atoms with Gasteiger partial charge in [-0.15, -0.1) is 0 Å². The van der Waals surface area contributed by atoms with Gasteiger partial charge >= 0.3 is 7.12 Å². The predicted molar refractivity (Wildman–Crippen MR) is 103 cm³/mol. The molecule has 134 valence electrons. The lowest BCUT2D eigenvalue weighted by Crippen LogP contribution is -2.41. The first-order chi connectivity index (χ1) is 11.7. The normalized spacial score (nSPS) is 18.7. The van der Waals surface area contributed by atoms with Gasteiger partial charge in [-0.2, -0.15) is 0 Å². The van der Waals surface area contributed by atoms with Crippen molar-refractivity contribution < 1.29 is 14.1 Å². The predicted octanol–water partition coefficient (Wildman–Crippen LogP) is 3.72. The summed E-state index contributed by atoms with van der Waals surface area (Å²) in [4.78, 5) is 16.4. The fourth-order valence-electron chi connectivity index (χ4n) is 2.64. The minimum atomic E-state index is -0.390. The molecule has 1 N–H and O–H groups in total. The van der Waals surface area contributed by atoms with Crippen LogP contribution >= 0.6 is 11.3 Å². The number of anilines is 1. The Morgan fingerprint density at radius 1 is 1.24 bits per heavy atom. The summed E-state index contributed by atoms with van der Waals surface area (Å²) in [5.74, 6) is 0.0205. The zero-order chi connectivity index (χ0) is 18.2. The van der Waals surface area contributed by atoms with Gasteiger partial charge in [-0.1, -0.05) is 30.7 Å². The molecule has 2 heterocycles. The van der Waals surface area contributed by atoms with E-state index in [0.717, 1.165) is 28.5 Å². The van der Waals surface area contributed by atoms with Crippen LogP contribution in [0.4, 0.5) is 5.13 Å². The first-order valence-corrected chi connectivity index (χ1v) is 9.59. The van der Waals surface area contributed by atoms with Gasteiger partial charge in [-0.05, 0) is 51.7 Å². The van der Waals surface area contributed by atoms with Crippen molar-refractivity contribution in [1.29, 1.82) is 0 Å². The second-order valence-electron chi connectivity index (χ2n) is 7.49. The summed E-state index contributed by atoms with van der Waals surface area (Å²) >= 11 is 1.48. The first-order valence-electron chi connectivity index (χ1n) is 8.78. The van der Waals surface area contributed by atoms with Gasteiger partial charge in [-0.3, -0.25) is 4.79 Å². The van der Waals surface area contributed by atoms with Gasteiger partial charge in [0.25, 0.3) is 0 Å². The number of hydrogen-bond acceptors (Lipinski definition) is 5. The Labute approximate surface area is 153 Å². The van der Waals surface area contributed by atoms with E-state index in [1.165, 1.54) is 11.3 Å². The summed E-state index contributed by atoms with van der Waals surface area (Å²) in [6, 6.07) is 5.97. The highest BCUT2D eigenvalue weighted by molar-refractivity contribution is 7.22. The van der Waals surface area contributed by atoms with Crippen molar-refractivity contribution in [3.63, 3.8) is 0 Å². The van der Waals surface area contributed by atoms with Crippen LogP contribution < -0.4 is 10.8 Å². The van der Waals surface area contributed by atoms with E-state index in [4.69, 9.17) is 9.31 Å². The highest BCUT2D eigenvalue weighted by atomic mass is 32.1. The maximum Gasteiger partial charge on any atom is 0.494 e. The molecule has 1 aliphatic rings. The summed E-state index contributed by atoms with van der Waals surface area (Å²) in [5, 5.41) is 3.53. The lowest BCUT2D eigenvalue weighted by Gasteiger charge is -2.32. The Morgan fingerprint density at radius 2 is 1.92 bits per heavy atom. The smallest absolute Gasteiger partial charge is 0.399 e. The number of nitrogens with one attached hydrogen (secondary N) is 1. The van der Waals surface area contributed by atoms with E-state index in [1.807, 2.05) is 45.9 Å². The van der Waals surface area contributed by atoms with Gasteiger partial charge < -0.3 is 14.6 Å². The van der Waals surface area contributed by atoms with Crippen LogP contribution in [0.3, 0.4) is 0 Å². The number of benzene rings is 1. The fraction of sp³-hybridized carbons (Fsp3) is 0.556. The molecular formula is C18H25BN2O3S. The number of carbonyl (C=O) groups is 1. The van der Waals surface area contributed by atoms with Crippen LogP contribution in [0, 0.1) is 0 Å². The van der Waals surface area contributed by atoms with Crippen molar-refractivity contribution >= 4 is 45.2 Å². The second kappa shape index (κ2) is 6.70. The minimum absolute atomic E-state index is 0.0205. The van der Waals surface area contributed by atoms with Crippen LogP contribution in [0.5, 0.6) is 0 Å². The number of amides is 1. The molecule has 0 atom stereocenters. The zero-order valence-electron chi connectivity index (χ0n) is 15.5. The average Bonchev–Trinajstić information content (AvgIpc) is 3.01. The molecule has 0 spiro atoms. The molecule has 1 aromatic heterocycles. The largest absolute Gasteiger partial charge is 0.494 e. The Bertz CT molecular complexity index is 772. The van der Waals surface area contributed by atoms with Crippen LogP contribution in [-0.4, -0.2) is 29.2 Å². The molecule has 0 radical (unpaired) electrons. The molecule has 0 aliphatic carbocycles. The summed E-state index contributed by atoms with van der Waals surface area (Å²) in [6.45, 7) is 10.2. The van der Waals surface area contributed by atoms with Gasteiger partial charge in [-0.25, -0.2) is 4.98 Å². The van der Waals surface area contributed by atoms with E-state index in [1.54, 1.807) is 0 Å². The summed E-state index contributed by atoms with van der Waals surface area (Å²) in [6.07, 6.45) is 2.43. The van der Waals surface area contributed by atoms with Gasteiger partial charge in [0.15, 0.2) is 5.13 Å². The van der Waals surface area contributed by atoms with Crippen LogP contribution in [0.2, 0.25) is 0 Å². The molecule has 1 saturated heterocycles. The van der Waals surface area contributed by atoms with Crippen molar-refractivity contribution in [3.8, 4) is 0 Å². The Kier molecular flexibility index (Phi) is 4.92. The van der Waals surface area contributed by atoms with Crippen molar-refractivity contribution in [2.24, 2.45) is 0 Å². The molecule has 1 aliphatic heterocycles. The molecule has 1 aromatic carbocycles. The standard InChI is InChI=1S/C18H25BN2O3S/c1-6-7-8-15(22)21-16-20-13-10-9-12(11-14(13)25-16)19-23-17(2,3)18(4,5)24-19/h9-11H,6-8H2,1-5H3,(H,20,21,22). The molecule has 7 heteroatoms. The van der Waals surface area contributed by atoms with Gasteiger partial charge in [0, 0.05) is 6.42 Å². The van der Waals surface area contributed by atoms with Crippen LogP contribution in [0.1, 0.15) is 53.9 Å². The lowest BCUT2D eigenvalue weighted by molar-refractivity contribution is -0.116. The highest BCUT2D eigenvalue weighted by Gasteiger charge is 2.51. The molecule has 0 saturated carbocycles. The van der Waals surface area contributed by atoms with Crippen molar-refractivity contribution in [2.75, 3.05) is 5.32 Å². The summed E-state index contributed by atoms with van der Waals surface area (Å²) in [5.41, 5.74) is 1.12. The van der Waals surface area contributed by atoms with E-state index in [2.05, 4.69) is 17.2 Å². The van der Waals surface area contributed by atoms with Crippen LogP contribution in [0.25, 0.3) is 10.2 Å². The number of thiazole rings is 1. The van der Waals surface area contributed by atoms with Crippen LogP contribution in [-0.2, 0) is 14.1 Å². The van der Waals surface area contributed by atoms with E-state index in [-0.39, 0.29) is 24.2 Å². The topological polar surface area (TPSA) is 60.5 Å². The minimum Gasteiger partial charge on any atom is -0.399 e. The fourth-order valence-corrected chi connectivity index (χ4v) is 3.57. The summed E-state index contributed by atoms with van der Waals surface area (Å²) < 4.78 is 13.2. The molecule has 25 heavy (non-hydrogen) atoms. The van der Waals surface area contributed by atoms with Crippen molar-refractivity contribution in [2.45, 2.75) is 65.1 Å².